The standard InChI is InChI=1S/C16H21BrN2O2/c1-5-16(4)14(21)19(15(2,3)13(20)18-16)10-11-6-8-12(17)9-7-11/h6-9H,5,10H2,1-4H3,(H,18,20). The normalized spacial score (nSPS) is 24.9. The minimum absolute atomic E-state index is 0.0301. The lowest BCUT2D eigenvalue weighted by Gasteiger charge is -2.48. The molecular formula is C16H21BrN2O2. The molecule has 0 bridgehead atoms. The number of carbonyl (C=O) groups is 2. The zero-order valence-corrected chi connectivity index (χ0v) is 14.5. The minimum atomic E-state index is -0.848. The Morgan fingerprint density at radius 3 is 2.24 bits per heavy atom. The molecule has 0 aliphatic carbocycles. The van der Waals surface area contributed by atoms with Crippen LogP contribution in [-0.4, -0.2) is 27.8 Å². The van der Waals surface area contributed by atoms with E-state index in [0.717, 1.165) is 10.0 Å². The average Bonchev–Trinajstić information content (AvgIpc) is 2.44. The predicted molar refractivity (Wildman–Crippen MR) is 85.6 cm³/mol. The molecule has 1 saturated heterocycles. The molecule has 0 aromatic heterocycles. The molecule has 1 aliphatic heterocycles. The second kappa shape index (κ2) is 5.44. The first-order valence-electron chi connectivity index (χ1n) is 7.10. The Bertz CT molecular complexity index is 568. The number of rotatable bonds is 3. The molecule has 4 nitrogen and oxygen atoms in total. The number of halogens is 1. The fraction of sp³-hybridized carbons (Fsp3) is 0.500. The summed E-state index contributed by atoms with van der Waals surface area (Å²) in [7, 11) is 0. The van der Waals surface area contributed by atoms with E-state index in [2.05, 4.69) is 21.2 Å². The summed E-state index contributed by atoms with van der Waals surface area (Å²) >= 11 is 3.40. The Kier molecular flexibility index (Phi) is 4.15. The number of piperazine rings is 1. The monoisotopic (exact) mass is 352 g/mol. The predicted octanol–water partition coefficient (Wildman–Crippen LogP) is 2.85. The van der Waals surface area contributed by atoms with Crippen LogP contribution in [0.1, 0.15) is 39.7 Å². The summed E-state index contributed by atoms with van der Waals surface area (Å²) in [5.74, 6) is -0.138. The maximum Gasteiger partial charge on any atom is 0.249 e. The smallest absolute Gasteiger partial charge is 0.249 e. The molecule has 0 spiro atoms. The Balaban J connectivity index is 2.35. The van der Waals surface area contributed by atoms with Gasteiger partial charge in [0.2, 0.25) is 11.8 Å². The number of amides is 2. The van der Waals surface area contributed by atoms with Crippen LogP contribution >= 0.6 is 15.9 Å². The summed E-state index contributed by atoms with van der Waals surface area (Å²) in [6.45, 7) is 7.70. The lowest BCUT2D eigenvalue weighted by atomic mass is 9.86. The first kappa shape index (κ1) is 16.0. The molecule has 1 atom stereocenters. The largest absolute Gasteiger partial charge is 0.340 e. The van der Waals surface area contributed by atoms with E-state index in [-0.39, 0.29) is 11.8 Å². The SMILES string of the molecule is CCC1(C)NC(=O)C(C)(C)N(Cc2ccc(Br)cc2)C1=O. The lowest BCUT2D eigenvalue weighted by molar-refractivity contribution is -0.161. The Morgan fingerprint density at radius 2 is 1.71 bits per heavy atom. The molecule has 1 fully saturated rings. The molecule has 5 heteroatoms. The van der Waals surface area contributed by atoms with Gasteiger partial charge in [0, 0.05) is 11.0 Å². The third-order valence-electron chi connectivity index (χ3n) is 4.30. The van der Waals surface area contributed by atoms with Gasteiger partial charge in [0.15, 0.2) is 0 Å². The number of carbonyl (C=O) groups excluding carboxylic acids is 2. The van der Waals surface area contributed by atoms with Crippen LogP contribution in [0.25, 0.3) is 0 Å². The van der Waals surface area contributed by atoms with Gasteiger partial charge in [-0.2, -0.15) is 0 Å². The lowest BCUT2D eigenvalue weighted by Crippen LogP contribution is -2.72. The zero-order valence-electron chi connectivity index (χ0n) is 12.9. The van der Waals surface area contributed by atoms with Crippen LogP contribution in [0.2, 0.25) is 0 Å². The van der Waals surface area contributed by atoms with Crippen LogP contribution in [0.15, 0.2) is 28.7 Å². The van der Waals surface area contributed by atoms with Gasteiger partial charge in [0.25, 0.3) is 0 Å². The second-order valence-electron chi connectivity index (χ2n) is 6.22. The summed E-state index contributed by atoms with van der Waals surface area (Å²) < 4.78 is 0.992. The quantitative estimate of drug-likeness (QED) is 0.909. The topological polar surface area (TPSA) is 49.4 Å². The van der Waals surface area contributed by atoms with Crippen LogP contribution in [0.5, 0.6) is 0 Å². The third kappa shape index (κ3) is 2.84. The van der Waals surface area contributed by atoms with Gasteiger partial charge in [-0.25, -0.2) is 0 Å². The maximum absolute atomic E-state index is 12.8. The highest BCUT2D eigenvalue weighted by atomic mass is 79.9. The molecule has 1 N–H and O–H groups in total. The molecule has 1 unspecified atom stereocenters. The van der Waals surface area contributed by atoms with Crippen LogP contribution < -0.4 is 5.32 Å². The van der Waals surface area contributed by atoms with Crippen molar-refractivity contribution in [3.05, 3.63) is 34.3 Å². The average molecular weight is 353 g/mol. The van der Waals surface area contributed by atoms with Crippen molar-refractivity contribution < 1.29 is 9.59 Å². The highest BCUT2D eigenvalue weighted by molar-refractivity contribution is 9.10. The molecule has 1 aromatic rings. The highest BCUT2D eigenvalue weighted by Crippen LogP contribution is 2.29. The molecule has 1 aliphatic rings. The third-order valence-corrected chi connectivity index (χ3v) is 4.83. The van der Waals surface area contributed by atoms with Crippen molar-refractivity contribution in [2.24, 2.45) is 0 Å². The van der Waals surface area contributed by atoms with Crippen molar-refractivity contribution in [1.29, 1.82) is 0 Å². The summed E-state index contributed by atoms with van der Waals surface area (Å²) in [6, 6.07) is 7.80. The van der Waals surface area contributed by atoms with Crippen molar-refractivity contribution in [3.8, 4) is 0 Å². The maximum atomic E-state index is 12.8. The number of hydrogen-bond donors (Lipinski definition) is 1. The summed E-state index contributed by atoms with van der Waals surface area (Å²) in [5, 5.41) is 2.87. The van der Waals surface area contributed by atoms with Gasteiger partial charge in [0.05, 0.1) is 0 Å². The number of hydrogen-bond acceptors (Lipinski definition) is 2. The van der Waals surface area contributed by atoms with Gasteiger partial charge in [0.1, 0.15) is 11.1 Å². The molecule has 1 aromatic carbocycles. The Labute approximate surface area is 134 Å². The first-order chi connectivity index (χ1) is 9.70. The van der Waals surface area contributed by atoms with Gasteiger partial charge in [-0.15, -0.1) is 0 Å². The van der Waals surface area contributed by atoms with E-state index >= 15 is 0 Å². The van der Waals surface area contributed by atoms with Crippen LogP contribution in [0.4, 0.5) is 0 Å². The highest BCUT2D eigenvalue weighted by Gasteiger charge is 2.51. The van der Waals surface area contributed by atoms with Gasteiger partial charge >= 0.3 is 0 Å². The van der Waals surface area contributed by atoms with Gasteiger partial charge in [-0.1, -0.05) is 35.0 Å². The number of nitrogens with one attached hydrogen (secondary N) is 1. The van der Waals surface area contributed by atoms with E-state index in [4.69, 9.17) is 0 Å². The first-order valence-corrected chi connectivity index (χ1v) is 7.89. The van der Waals surface area contributed by atoms with E-state index in [0.29, 0.717) is 13.0 Å². The Morgan fingerprint density at radius 1 is 1.14 bits per heavy atom. The second-order valence-corrected chi connectivity index (χ2v) is 7.13. The van der Waals surface area contributed by atoms with Crippen molar-refractivity contribution >= 4 is 27.7 Å². The molecule has 0 radical (unpaired) electrons. The minimum Gasteiger partial charge on any atom is -0.340 e. The number of benzene rings is 1. The van der Waals surface area contributed by atoms with E-state index < -0.39 is 11.1 Å². The van der Waals surface area contributed by atoms with Crippen LogP contribution in [0.3, 0.4) is 0 Å². The molecule has 2 rings (SSSR count). The summed E-state index contributed by atoms with van der Waals surface area (Å²) in [5.41, 5.74) is -0.659. The van der Waals surface area contributed by atoms with Crippen molar-refractivity contribution in [2.45, 2.75) is 51.7 Å². The van der Waals surface area contributed by atoms with Crippen molar-refractivity contribution in [3.63, 3.8) is 0 Å². The molecular weight excluding hydrogens is 332 g/mol. The number of nitrogens with zero attached hydrogens (tertiary/aromatic N) is 1. The van der Waals surface area contributed by atoms with Crippen molar-refractivity contribution in [2.75, 3.05) is 0 Å². The molecule has 21 heavy (non-hydrogen) atoms. The summed E-state index contributed by atoms with van der Waals surface area (Å²) in [4.78, 5) is 26.9. The van der Waals surface area contributed by atoms with E-state index in [9.17, 15) is 9.59 Å². The van der Waals surface area contributed by atoms with E-state index in [1.54, 1.807) is 25.7 Å². The zero-order chi connectivity index (χ0) is 15.8. The van der Waals surface area contributed by atoms with Gasteiger partial charge in [-0.3, -0.25) is 9.59 Å². The fourth-order valence-electron chi connectivity index (χ4n) is 2.41. The molecule has 2 amide bonds. The Hall–Kier alpha value is -1.36. The molecule has 0 saturated carbocycles. The van der Waals surface area contributed by atoms with Crippen LogP contribution in [-0.2, 0) is 16.1 Å². The van der Waals surface area contributed by atoms with E-state index in [1.807, 2.05) is 31.2 Å². The van der Waals surface area contributed by atoms with E-state index in [1.165, 1.54) is 0 Å². The van der Waals surface area contributed by atoms with Crippen molar-refractivity contribution in [1.82, 2.24) is 10.2 Å². The van der Waals surface area contributed by atoms with Crippen LogP contribution in [0, 0.1) is 0 Å². The summed E-state index contributed by atoms with van der Waals surface area (Å²) in [6.07, 6.45) is 0.574. The van der Waals surface area contributed by atoms with Gasteiger partial charge in [-0.05, 0) is 44.9 Å². The molecule has 114 valence electrons. The van der Waals surface area contributed by atoms with Gasteiger partial charge < -0.3 is 10.2 Å². The molecule has 1 heterocycles. The fourth-order valence-corrected chi connectivity index (χ4v) is 2.68.